The number of amides is 2. The van der Waals surface area contributed by atoms with Gasteiger partial charge in [-0.15, -0.1) is 0 Å². The van der Waals surface area contributed by atoms with Crippen molar-refractivity contribution in [3.05, 3.63) is 100 Å². The number of hydrogen-bond acceptors (Lipinski definition) is 1. The summed E-state index contributed by atoms with van der Waals surface area (Å²) in [6, 6.07) is 24.0. The van der Waals surface area contributed by atoms with Gasteiger partial charge in [0.25, 0.3) is 0 Å². The van der Waals surface area contributed by atoms with Crippen LogP contribution in [0.4, 0.5) is 10.5 Å². The summed E-state index contributed by atoms with van der Waals surface area (Å²) in [5.41, 5.74) is 2.57. The number of carbonyl (C=O) groups excluding carboxylic acids is 1. The lowest BCUT2D eigenvalue weighted by molar-refractivity contribution is 0.250. The summed E-state index contributed by atoms with van der Waals surface area (Å²) in [7, 11) is 0. The van der Waals surface area contributed by atoms with E-state index in [1.165, 1.54) is 0 Å². The fourth-order valence-corrected chi connectivity index (χ4v) is 2.82. The Bertz CT molecular complexity index is 815. The van der Waals surface area contributed by atoms with Crippen LogP contribution in [0.3, 0.4) is 0 Å². The zero-order chi connectivity index (χ0) is 17.6. The van der Waals surface area contributed by atoms with Crippen molar-refractivity contribution < 1.29 is 4.79 Å². The van der Waals surface area contributed by atoms with Gasteiger partial charge in [-0.3, -0.25) is 0 Å². The van der Waals surface area contributed by atoms with E-state index in [1.54, 1.807) is 18.2 Å². The maximum absolute atomic E-state index is 12.5. The second-order valence-corrected chi connectivity index (χ2v) is 6.30. The number of hydrogen-bond donors (Lipinski definition) is 2. The second kappa shape index (κ2) is 8.06. The Kier molecular flexibility index (Phi) is 5.59. The summed E-state index contributed by atoms with van der Waals surface area (Å²) in [5, 5.41) is 6.63. The molecule has 3 aromatic carbocycles. The first-order valence-electron chi connectivity index (χ1n) is 7.76. The third-order valence-electron chi connectivity index (χ3n) is 3.72. The van der Waals surface area contributed by atoms with E-state index >= 15 is 0 Å². The van der Waals surface area contributed by atoms with Crippen LogP contribution in [0, 0.1) is 0 Å². The summed E-state index contributed by atoms with van der Waals surface area (Å²) >= 11 is 11.9. The highest BCUT2D eigenvalue weighted by molar-refractivity contribution is 6.42. The Hall–Kier alpha value is -2.49. The molecule has 0 spiro atoms. The first-order valence-corrected chi connectivity index (χ1v) is 8.51. The minimum Gasteiger partial charge on any atom is -0.327 e. The van der Waals surface area contributed by atoms with Crippen LogP contribution in [0.15, 0.2) is 78.9 Å². The smallest absolute Gasteiger partial charge is 0.319 e. The molecule has 0 aliphatic heterocycles. The first-order chi connectivity index (χ1) is 12.1. The van der Waals surface area contributed by atoms with Crippen molar-refractivity contribution in [1.29, 1.82) is 0 Å². The minimum absolute atomic E-state index is 0.259. The zero-order valence-electron chi connectivity index (χ0n) is 13.2. The Morgan fingerprint density at radius 1 is 0.760 bits per heavy atom. The van der Waals surface area contributed by atoms with E-state index in [0.29, 0.717) is 15.7 Å². The molecule has 0 radical (unpaired) electrons. The number of nitrogens with one attached hydrogen (secondary N) is 2. The SMILES string of the molecule is O=C(Nc1ccc(Cl)c(Cl)c1)NC(c1ccccc1)c1ccccc1. The van der Waals surface area contributed by atoms with Crippen LogP contribution in [0.25, 0.3) is 0 Å². The normalized spacial score (nSPS) is 10.5. The second-order valence-electron chi connectivity index (χ2n) is 5.48. The van der Waals surface area contributed by atoms with Crippen LogP contribution in [0.2, 0.25) is 10.0 Å². The fourth-order valence-electron chi connectivity index (χ4n) is 2.52. The van der Waals surface area contributed by atoms with Crippen molar-refractivity contribution in [2.24, 2.45) is 0 Å². The molecule has 0 aliphatic rings. The zero-order valence-corrected chi connectivity index (χ0v) is 14.8. The molecular weight excluding hydrogens is 355 g/mol. The molecule has 0 unspecified atom stereocenters. The van der Waals surface area contributed by atoms with E-state index in [2.05, 4.69) is 10.6 Å². The summed E-state index contributed by atoms with van der Waals surface area (Å²) in [5.74, 6) is 0. The van der Waals surface area contributed by atoms with Gasteiger partial charge in [-0.05, 0) is 29.3 Å². The highest BCUT2D eigenvalue weighted by Gasteiger charge is 2.16. The average Bonchev–Trinajstić information content (AvgIpc) is 2.64. The maximum atomic E-state index is 12.5. The van der Waals surface area contributed by atoms with Crippen molar-refractivity contribution in [2.45, 2.75) is 6.04 Å². The summed E-state index contributed by atoms with van der Waals surface area (Å²) in [6.45, 7) is 0. The lowest BCUT2D eigenvalue weighted by Gasteiger charge is -2.20. The summed E-state index contributed by atoms with van der Waals surface area (Å²) in [4.78, 5) is 12.5. The molecule has 0 aromatic heterocycles. The third kappa shape index (κ3) is 4.53. The molecule has 0 fully saturated rings. The minimum atomic E-state index is -0.323. The molecule has 0 atom stereocenters. The van der Waals surface area contributed by atoms with E-state index in [-0.39, 0.29) is 12.1 Å². The molecule has 3 aromatic rings. The number of rotatable bonds is 4. The monoisotopic (exact) mass is 370 g/mol. The van der Waals surface area contributed by atoms with Crippen molar-refractivity contribution in [1.82, 2.24) is 5.32 Å². The maximum Gasteiger partial charge on any atom is 0.319 e. The van der Waals surface area contributed by atoms with E-state index in [9.17, 15) is 4.79 Å². The highest BCUT2D eigenvalue weighted by atomic mass is 35.5. The van der Waals surface area contributed by atoms with Crippen molar-refractivity contribution in [3.63, 3.8) is 0 Å². The molecule has 5 heteroatoms. The molecule has 3 nitrogen and oxygen atoms in total. The van der Waals surface area contributed by atoms with Gasteiger partial charge in [-0.2, -0.15) is 0 Å². The third-order valence-corrected chi connectivity index (χ3v) is 4.46. The van der Waals surface area contributed by atoms with Gasteiger partial charge in [-0.1, -0.05) is 83.9 Å². The first kappa shape index (κ1) is 17.3. The van der Waals surface area contributed by atoms with Gasteiger partial charge in [-0.25, -0.2) is 4.79 Å². The lowest BCUT2D eigenvalue weighted by atomic mass is 9.99. The number of carbonyl (C=O) groups is 1. The molecule has 2 N–H and O–H groups in total. The van der Waals surface area contributed by atoms with E-state index in [4.69, 9.17) is 23.2 Å². The number of benzene rings is 3. The quantitative estimate of drug-likeness (QED) is 0.589. The highest BCUT2D eigenvalue weighted by Crippen LogP contribution is 2.26. The molecule has 0 heterocycles. The Morgan fingerprint density at radius 2 is 1.32 bits per heavy atom. The average molecular weight is 371 g/mol. The molecule has 0 saturated carbocycles. The standard InChI is InChI=1S/C20H16Cl2N2O/c21-17-12-11-16(13-18(17)22)23-20(25)24-19(14-7-3-1-4-8-14)15-9-5-2-6-10-15/h1-13,19H,(H2,23,24,25). The van der Waals surface area contributed by atoms with Crippen LogP contribution in [-0.4, -0.2) is 6.03 Å². The summed E-state index contributed by atoms with van der Waals surface area (Å²) in [6.07, 6.45) is 0. The predicted octanol–water partition coefficient (Wildman–Crippen LogP) is 5.90. The van der Waals surface area contributed by atoms with Gasteiger partial charge in [0.2, 0.25) is 0 Å². The predicted molar refractivity (Wildman–Crippen MR) is 103 cm³/mol. The number of urea groups is 1. The van der Waals surface area contributed by atoms with Crippen LogP contribution in [0.5, 0.6) is 0 Å². The molecule has 3 rings (SSSR count). The Labute approximate surface area is 156 Å². The van der Waals surface area contributed by atoms with Crippen molar-refractivity contribution >= 4 is 34.9 Å². The number of halogens is 2. The van der Waals surface area contributed by atoms with Gasteiger partial charge in [0.1, 0.15) is 0 Å². The van der Waals surface area contributed by atoms with E-state index in [1.807, 2.05) is 60.7 Å². The van der Waals surface area contributed by atoms with Gasteiger partial charge in [0.05, 0.1) is 16.1 Å². The van der Waals surface area contributed by atoms with Crippen molar-refractivity contribution in [3.8, 4) is 0 Å². The van der Waals surface area contributed by atoms with Crippen LogP contribution in [0.1, 0.15) is 17.2 Å². The molecule has 2 amide bonds. The molecule has 0 aliphatic carbocycles. The fraction of sp³-hybridized carbons (Fsp3) is 0.0500. The van der Waals surface area contributed by atoms with Crippen molar-refractivity contribution in [2.75, 3.05) is 5.32 Å². The molecule has 126 valence electrons. The lowest BCUT2D eigenvalue weighted by Crippen LogP contribution is -2.33. The van der Waals surface area contributed by atoms with Gasteiger partial charge in [0.15, 0.2) is 0 Å². The summed E-state index contributed by atoms with van der Waals surface area (Å²) < 4.78 is 0. The molecule has 25 heavy (non-hydrogen) atoms. The van der Waals surface area contributed by atoms with Gasteiger partial charge < -0.3 is 10.6 Å². The largest absolute Gasteiger partial charge is 0.327 e. The Morgan fingerprint density at radius 3 is 1.84 bits per heavy atom. The molecular formula is C20H16Cl2N2O. The van der Waals surface area contributed by atoms with Crippen LogP contribution in [-0.2, 0) is 0 Å². The van der Waals surface area contributed by atoms with Gasteiger partial charge in [0, 0.05) is 5.69 Å². The number of anilines is 1. The van der Waals surface area contributed by atoms with Gasteiger partial charge >= 0.3 is 6.03 Å². The van der Waals surface area contributed by atoms with E-state index < -0.39 is 0 Å². The Balaban J connectivity index is 1.80. The van der Waals surface area contributed by atoms with E-state index in [0.717, 1.165) is 11.1 Å². The topological polar surface area (TPSA) is 41.1 Å². The van der Waals surface area contributed by atoms with Crippen LogP contribution >= 0.6 is 23.2 Å². The van der Waals surface area contributed by atoms with Crippen LogP contribution < -0.4 is 10.6 Å². The molecule has 0 bridgehead atoms. The molecule has 0 saturated heterocycles.